The maximum atomic E-state index is 11.8. The molecule has 2 rings (SSSR count). The van der Waals surface area contributed by atoms with Crippen molar-refractivity contribution in [3.05, 3.63) is 50.4 Å². The Kier molecular flexibility index (Phi) is 4.66. The van der Waals surface area contributed by atoms with Gasteiger partial charge in [0, 0.05) is 21.3 Å². The topological polar surface area (TPSA) is 65.8 Å². The molecular formula is C13H10BrN3OS. The van der Waals surface area contributed by atoms with Crippen LogP contribution < -0.4 is 5.32 Å². The van der Waals surface area contributed by atoms with Crippen molar-refractivity contribution in [1.29, 1.82) is 5.26 Å². The number of aromatic nitrogens is 1. The highest BCUT2D eigenvalue weighted by Crippen LogP contribution is 2.19. The minimum Gasteiger partial charge on any atom is -0.350 e. The molecule has 0 fully saturated rings. The predicted molar refractivity (Wildman–Crippen MR) is 77.0 cm³/mol. The highest BCUT2D eigenvalue weighted by molar-refractivity contribution is 9.10. The van der Waals surface area contributed by atoms with Crippen LogP contribution in [0.3, 0.4) is 0 Å². The zero-order valence-electron chi connectivity index (χ0n) is 9.89. The summed E-state index contributed by atoms with van der Waals surface area (Å²) in [5.74, 6) is -0.257. The van der Waals surface area contributed by atoms with E-state index in [9.17, 15) is 4.79 Å². The molecule has 0 aromatic carbocycles. The predicted octanol–water partition coefficient (Wildman–Crippen LogP) is 2.75. The second-order valence-electron chi connectivity index (χ2n) is 3.76. The minimum atomic E-state index is -0.257. The molecule has 1 amide bonds. The third-order valence-electron chi connectivity index (χ3n) is 2.37. The number of amides is 1. The largest absolute Gasteiger partial charge is 0.350 e. The number of nitriles is 1. The highest BCUT2D eigenvalue weighted by Gasteiger charge is 2.07. The van der Waals surface area contributed by atoms with Crippen LogP contribution in [0.4, 0.5) is 0 Å². The number of nitrogens with zero attached hydrogens (tertiary/aromatic N) is 2. The first-order chi connectivity index (χ1) is 9.19. The van der Waals surface area contributed by atoms with Gasteiger partial charge in [0.2, 0.25) is 0 Å². The molecule has 19 heavy (non-hydrogen) atoms. The SMILES string of the molecule is N#Cc1cccc(C(=O)NCCc2cc(Br)cs2)n1. The average molecular weight is 336 g/mol. The summed E-state index contributed by atoms with van der Waals surface area (Å²) in [5.41, 5.74) is 0.515. The first-order valence-corrected chi connectivity index (χ1v) is 7.24. The minimum absolute atomic E-state index is 0.245. The number of hydrogen-bond donors (Lipinski definition) is 1. The van der Waals surface area contributed by atoms with Crippen LogP contribution in [-0.2, 0) is 6.42 Å². The maximum absolute atomic E-state index is 11.8. The Hall–Kier alpha value is -1.71. The standard InChI is InChI=1S/C13H10BrN3OS/c14-9-6-11(19-8-9)4-5-16-13(18)12-3-1-2-10(7-15)17-12/h1-3,6,8H,4-5H2,(H,16,18). The van der Waals surface area contributed by atoms with Gasteiger partial charge in [-0.1, -0.05) is 6.07 Å². The Morgan fingerprint density at radius 1 is 1.53 bits per heavy atom. The summed E-state index contributed by atoms with van der Waals surface area (Å²) < 4.78 is 1.06. The molecule has 0 saturated heterocycles. The van der Waals surface area contributed by atoms with E-state index >= 15 is 0 Å². The van der Waals surface area contributed by atoms with E-state index < -0.39 is 0 Å². The number of thiophene rings is 1. The van der Waals surface area contributed by atoms with Gasteiger partial charge in [0.05, 0.1) is 0 Å². The van der Waals surface area contributed by atoms with Crippen molar-refractivity contribution in [1.82, 2.24) is 10.3 Å². The Morgan fingerprint density at radius 2 is 2.37 bits per heavy atom. The molecule has 0 unspecified atom stereocenters. The van der Waals surface area contributed by atoms with E-state index in [-0.39, 0.29) is 17.3 Å². The third-order valence-corrected chi connectivity index (χ3v) is 4.13. The fourth-order valence-corrected chi connectivity index (χ4v) is 2.95. The molecule has 0 aliphatic heterocycles. The van der Waals surface area contributed by atoms with Crippen LogP contribution in [0.5, 0.6) is 0 Å². The fourth-order valence-electron chi connectivity index (χ4n) is 1.50. The number of carbonyl (C=O) groups excluding carboxylic acids is 1. The molecule has 4 nitrogen and oxygen atoms in total. The van der Waals surface area contributed by atoms with Crippen molar-refractivity contribution in [3.8, 4) is 6.07 Å². The number of hydrogen-bond acceptors (Lipinski definition) is 4. The van der Waals surface area contributed by atoms with Crippen LogP contribution in [-0.4, -0.2) is 17.4 Å². The molecule has 6 heteroatoms. The van der Waals surface area contributed by atoms with Crippen molar-refractivity contribution < 1.29 is 4.79 Å². The van der Waals surface area contributed by atoms with E-state index in [1.807, 2.05) is 17.5 Å². The molecular weight excluding hydrogens is 326 g/mol. The van der Waals surface area contributed by atoms with Gasteiger partial charge < -0.3 is 5.32 Å². The van der Waals surface area contributed by atoms with E-state index in [2.05, 4.69) is 26.2 Å². The van der Waals surface area contributed by atoms with Crippen molar-refractivity contribution in [2.24, 2.45) is 0 Å². The number of halogens is 1. The summed E-state index contributed by atoms with van der Waals surface area (Å²) in [6.45, 7) is 0.546. The summed E-state index contributed by atoms with van der Waals surface area (Å²) in [6.07, 6.45) is 0.778. The lowest BCUT2D eigenvalue weighted by atomic mass is 10.3. The van der Waals surface area contributed by atoms with Crippen molar-refractivity contribution in [2.45, 2.75) is 6.42 Å². The lowest BCUT2D eigenvalue weighted by molar-refractivity contribution is 0.0949. The molecule has 2 aromatic rings. The van der Waals surface area contributed by atoms with Gasteiger partial charge in [0.1, 0.15) is 17.5 Å². The molecule has 96 valence electrons. The number of carbonyl (C=O) groups is 1. The van der Waals surface area contributed by atoms with Gasteiger partial charge in [-0.3, -0.25) is 4.79 Å². The Morgan fingerprint density at radius 3 is 3.05 bits per heavy atom. The summed E-state index contributed by atoms with van der Waals surface area (Å²) in [4.78, 5) is 17.0. The molecule has 0 aliphatic carbocycles. The molecule has 0 atom stereocenters. The fraction of sp³-hybridized carbons (Fsp3) is 0.154. The van der Waals surface area contributed by atoms with Crippen molar-refractivity contribution in [2.75, 3.05) is 6.54 Å². The van der Waals surface area contributed by atoms with Crippen molar-refractivity contribution in [3.63, 3.8) is 0 Å². The maximum Gasteiger partial charge on any atom is 0.269 e. The lowest BCUT2D eigenvalue weighted by Gasteiger charge is -2.03. The molecule has 1 N–H and O–H groups in total. The van der Waals surface area contributed by atoms with Gasteiger partial charge in [-0.15, -0.1) is 11.3 Å². The molecule has 2 aromatic heterocycles. The number of nitrogens with one attached hydrogen (secondary N) is 1. The Bertz CT molecular complexity index is 633. The number of rotatable bonds is 4. The molecule has 0 saturated carbocycles. The first-order valence-electron chi connectivity index (χ1n) is 5.57. The van der Waals surface area contributed by atoms with Gasteiger partial charge >= 0.3 is 0 Å². The second kappa shape index (κ2) is 6.45. The molecule has 0 spiro atoms. The second-order valence-corrected chi connectivity index (χ2v) is 5.67. The first kappa shape index (κ1) is 13.7. The van der Waals surface area contributed by atoms with Gasteiger partial charge in [0.25, 0.3) is 5.91 Å². The van der Waals surface area contributed by atoms with E-state index in [4.69, 9.17) is 5.26 Å². The molecule has 0 bridgehead atoms. The Balaban J connectivity index is 1.89. The molecule has 0 radical (unpaired) electrons. The normalized spacial score (nSPS) is 9.89. The summed E-state index contributed by atoms with van der Waals surface area (Å²) in [5, 5.41) is 13.5. The van der Waals surface area contributed by atoms with Gasteiger partial charge in [0.15, 0.2) is 0 Å². The number of pyridine rings is 1. The zero-order valence-corrected chi connectivity index (χ0v) is 12.3. The van der Waals surface area contributed by atoms with Gasteiger partial charge in [-0.2, -0.15) is 5.26 Å². The van der Waals surface area contributed by atoms with Crippen molar-refractivity contribution >= 4 is 33.2 Å². The van der Waals surface area contributed by atoms with Gasteiger partial charge in [-0.05, 0) is 40.5 Å². The van der Waals surface area contributed by atoms with Crippen LogP contribution in [0.1, 0.15) is 21.1 Å². The summed E-state index contributed by atoms with van der Waals surface area (Å²) in [7, 11) is 0. The van der Waals surface area contributed by atoms with Crippen LogP contribution in [0.15, 0.2) is 34.1 Å². The summed E-state index contributed by atoms with van der Waals surface area (Å²) >= 11 is 5.03. The lowest BCUT2D eigenvalue weighted by Crippen LogP contribution is -2.26. The van der Waals surface area contributed by atoms with E-state index in [0.29, 0.717) is 6.54 Å². The Labute approximate surface area is 123 Å². The van der Waals surface area contributed by atoms with Crippen LogP contribution >= 0.6 is 27.3 Å². The monoisotopic (exact) mass is 335 g/mol. The zero-order chi connectivity index (χ0) is 13.7. The van der Waals surface area contributed by atoms with E-state index in [1.54, 1.807) is 29.5 Å². The van der Waals surface area contributed by atoms with Crippen LogP contribution in [0.25, 0.3) is 0 Å². The van der Waals surface area contributed by atoms with Crippen LogP contribution in [0.2, 0.25) is 0 Å². The summed E-state index contributed by atoms with van der Waals surface area (Å²) in [6, 6.07) is 8.76. The smallest absolute Gasteiger partial charge is 0.269 e. The molecule has 0 aliphatic rings. The van der Waals surface area contributed by atoms with E-state index in [1.165, 1.54) is 4.88 Å². The molecule has 2 heterocycles. The third kappa shape index (κ3) is 3.88. The highest BCUT2D eigenvalue weighted by atomic mass is 79.9. The van der Waals surface area contributed by atoms with Gasteiger partial charge in [-0.25, -0.2) is 4.98 Å². The average Bonchev–Trinajstić information content (AvgIpc) is 2.84. The quantitative estimate of drug-likeness (QED) is 0.934. The van der Waals surface area contributed by atoms with Crippen LogP contribution in [0, 0.1) is 11.3 Å². The van der Waals surface area contributed by atoms with E-state index in [0.717, 1.165) is 10.9 Å².